The lowest BCUT2D eigenvalue weighted by Gasteiger charge is -2.33. The van der Waals surface area contributed by atoms with Crippen LogP contribution < -0.4 is 20.7 Å². The van der Waals surface area contributed by atoms with Gasteiger partial charge < -0.3 is 20.3 Å². The van der Waals surface area contributed by atoms with Crippen LogP contribution >= 0.6 is 0 Å². The standard InChI is InChI=1S/C29H39F2N7O4S/c30-28(31)42-24-18-32-29(33-19-24)35-23-10-15-38(16-11-23)43(41)17-1-12-37-13-8-21(9-14-37)20-2-4-22(5-3-20)34-25-6-7-26(39)36-27(25)40/h2-5,18-19,21,23,25,28,34H,1,6-17H2,(H,32,33,35)(H,36,39,40). The van der Waals surface area contributed by atoms with Crippen LogP contribution in [0.2, 0.25) is 0 Å². The van der Waals surface area contributed by atoms with Gasteiger partial charge in [0.25, 0.3) is 0 Å². The number of alkyl halides is 2. The molecule has 3 aliphatic heterocycles. The molecule has 2 unspecified atom stereocenters. The third-order valence-electron chi connectivity index (χ3n) is 8.27. The van der Waals surface area contributed by atoms with E-state index < -0.39 is 17.6 Å². The van der Waals surface area contributed by atoms with E-state index in [1.54, 1.807) is 0 Å². The van der Waals surface area contributed by atoms with Gasteiger partial charge in [-0.3, -0.25) is 14.9 Å². The molecule has 0 bridgehead atoms. The number of carbonyl (C=O) groups excluding carboxylic acids is 2. The Labute approximate surface area is 252 Å². The fraction of sp³-hybridized carbons (Fsp3) is 0.586. The number of halogens is 2. The van der Waals surface area contributed by atoms with Crippen molar-refractivity contribution in [2.24, 2.45) is 0 Å². The summed E-state index contributed by atoms with van der Waals surface area (Å²) in [5.41, 5.74) is 2.19. The highest BCUT2D eigenvalue weighted by Crippen LogP contribution is 2.29. The number of hydrogen-bond acceptors (Lipinski definition) is 9. The zero-order valence-electron chi connectivity index (χ0n) is 24.1. The van der Waals surface area contributed by atoms with Crippen LogP contribution in [-0.2, 0) is 20.6 Å². The van der Waals surface area contributed by atoms with Crippen LogP contribution in [0.5, 0.6) is 5.75 Å². The first-order valence-corrected chi connectivity index (χ1v) is 16.2. The van der Waals surface area contributed by atoms with Crippen LogP contribution in [0, 0.1) is 0 Å². The Balaban J connectivity index is 0.955. The normalized spacial score (nSPS) is 21.9. The first kappa shape index (κ1) is 31.2. The average Bonchev–Trinajstić information content (AvgIpc) is 3.00. The number of nitrogens with zero attached hydrogens (tertiary/aromatic N) is 4. The molecule has 2 amide bonds. The minimum absolute atomic E-state index is 0.0805. The van der Waals surface area contributed by atoms with Gasteiger partial charge in [0.1, 0.15) is 6.04 Å². The Bertz CT molecular complexity index is 1240. The van der Waals surface area contributed by atoms with Gasteiger partial charge in [0.05, 0.1) is 23.4 Å². The smallest absolute Gasteiger partial charge is 0.387 e. The summed E-state index contributed by atoms with van der Waals surface area (Å²) in [6.45, 7) is 1.49. The molecule has 14 heteroatoms. The lowest BCUT2D eigenvalue weighted by molar-refractivity contribution is -0.133. The van der Waals surface area contributed by atoms with Gasteiger partial charge >= 0.3 is 6.61 Å². The number of piperidine rings is 3. The number of aromatic nitrogens is 2. The Morgan fingerprint density at radius 1 is 0.977 bits per heavy atom. The number of benzene rings is 1. The number of ether oxygens (including phenoxy) is 1. The zero-order chi connectivity index (χ0) is 30.2. The quantitative estimate of drug-likeness (QED) is 0.307. The third kappa shape index (κ3) is 9.13. The first-order valence-electron chi connectivity index (χ1n) is 14.9. The van der Waals surface area contributed by atoms with Crippen molar-refractivity contribution in [1.82, 2.24) is 24.5 Å². The van der Waals surface area contributed by atoms with Crippen LogP contribution in [-0.4, -0.2) is 92.4 Å². The van der Waals surface area contributed by atoms with Crippen molar-refractivity contribution in [3.63, 3.8) is 0 Å². The molecule has 2 atom stereocenters. The Morgan fingerprint density at radius 2 is 1.67 bits per heavy atom. The molecule has 43 heavy (non-hydrogen) atoms. The Hall–Kier alpha value is -3.23. The van der Waals surface area contributed by atoms with E-state index in [1.165, 1.54) is 18.0 Å². The number of anilines is 2. The highest BCUT2D eigenvalue weighted by atomic mass is 32.2. The number of carbonyl (C=O) groups is 2. The van der Waals surface area contributed by atoms with E-state index in [0.29, 0.717) is 43.6 Å². The molecule has 4 heterocycles. The summed E-state index contributed by atoms with van der Waals surface area (Å²) in [5, 5.41) is 8.83. The van der Waals surface area contributed by atoms with Crippen LogP contribution in [0.15, 0.2) is 36.7 Å². The van der Waals surface area contributed by atoms with Gasteiger partial charge in [-0.15, -0.1) is 0 Å². The number of amides is 2. The highest BCUT2D eigenvalue weighted by Gasteiger charge is 2.27. The van der Waals surface area contributed by atoms with Crippen LogP contribution in [0.3, 0.4) is 0 Å². The molecule has 5 rings (SSSR count). The molecule has 0 aliphatic carbocycles. The van der Waals surface area contributed by atoms with Crippen molar-refractivity contribution in [3.8, 4) is 5.75 Å². The molecule has 0 saturated carbocycles. The summed E-state index contributed by atoms with van der Waals surface area (Å²) in [6.07, 6.45) is 7.94. The van der Waals surface area contributed by atoms with Gasteiger partial charge in [-0.2, -0.15) is 8.78 Å². The molecule has 0 radical (unpaired) electrons. The molecule has 1 aromatic heterocycles. The minimum atomic E-state index is -2.91. The van der Waals surface area contributed by atoms with Crippen molar-refractivity contribution in [2.75, 3.05) is 49.1 Å². The van der Waals surface area contributed by atoms with Gasteiger partial charge in [0.2, 0.25) is 17.8 Å². The van der Waals surface area contributed by atoms with E-state index in [9.17, 15) is 22.6 Å². The molecule has 234 valence electrons. The van der Waals surface area contributed by atoms with E-state index in [4.69, 9.17) is 0 Å². The van der Waals surface area contributed by atoms with E-state index in [0.717, 1.165) is 57.4 Å². The van der Waals surface area contributed by atoms with E-state index in [2.05, 4.69) is 47.7 Å². The molecule has 3 fully saturated rings. The molecule has 1 aromatic carbocycles. The summed E-state index contributed by atoms with van der Waals surface area (Å²) in [7, 11) is -1.01. The zero-order valence-corrected chi connectivity index (χ0v) is 24.9. The SMILES string of the molecule is O=C1CCC(Nc2ccc(C3CCN(CCCS(=O)N4CCC(Nc5ncc(OC(F)F)cn5)CC4)CC3)cc2)C(=O)N1. The lowest BCUT2D eigenvalue weighted by Crippen LogP contribution is -2.47. The van der Waals surface area contributed by atoms with Gasteiger partial charge in [0.15, 0.2) is 5.75 Å². The second-order valence-corrected chi connectivity index (χ2v) is 12.8. The second-order valence-electron chi connectivity index (χ2n) is 11.2. The Kier molecular flexibility index (Phi) is 10.9. The molecule has 2 aromatic rings. The maximum atomic E-state index is 12.9. The number of rotatable bonds is 12. The lowest BCUT2D eigenvalue weighted by atomic mass is 9.89. The van der Waals surface area contributed by atoms with Gasteiger partial charge in [-0.1, -0.05) is 12.1 Å². The van der Waals surface area contributed by atoms with Gasteiger partial charge in [-0.25, -0.2) is 18.5 Å². The van der Waals surface area contributed by atoms with Crippen LogP contribution in [0.4, 0.5) is 20.4 Å². The predicted octanol–water partition coefficient (Wildman–Crippen LogP) is 3.10. The number of nitrogens with one attached hydrogen (secondary N) is 3. The molecule has 0 spiro atoms. The second kappa shape index (κ2) is 15.0. The third-order valence-corrected chi connectivity index (χ3v) is 9.85. The topological polar surface area (TPSA) is 129 Å². The van der Waals surface area contributed by atoms with E-state index in [-0.39, 0.29) is 29.6 Å². The van der Waals surface area contributed by atoms with Gasteiger partial charge in [0, 0.05) is 37.0 Å². The van der Waals surface area contributed by atoms with Crippen molar-refractivity contribution in [2.45, 2.75) is 69.6 Å². The Morgan fingerprint density at radius 3 is 2.33 bits per heavy atom. The maximum absolute atomic E-state index is 12.9. The molecule has 3 aliphatic rings. The molecule has 3 saturated heterocycles. The maximum Gasteiger partial charge on any atom is 0.387 e. The monoisotopic (exact) mass is 619 g/mol. The minimum Gasteiger partial charge on any atom is -0.432 e. The molecular formula is C29H39F2N7O4S. The molecule has 11 nitrogen and oxygen atoms in total. The van der Waals surface area contributed by atoms with E-state index >= 15 is 0 Å². The first-order chi connectivity index (χ1) is 20.8. The highest BCUT2D eigenvalue weighted by molar-refractivity contribution is 7.82. The van der Waals surface area contributed by atoms with Crippen molar-refractivity contribution in [1.29, 1.82) is 0 Å². The predicted molar refractivity (Wildman–Crippen MR) is 159 cm³/mol. The number of imide groups is 1. The molecular weight excluding hydrogens is 580 g/mol. The van der Waals surface area contributed by atoms with Crippen molar-refractivity contribution in [3.05, 3.63) is 42.2 Å². The van der Waals surface area contributed by atoms with E-state index in [1.807, 2.05) is 16.4 Å². The fourth-order valence-corrected chi connectivity index (χ4v) is 7.11. The van der Waals surface area contributed by atoms with Crippen LogP contribution in [0.25, 0.3) is 0 Å². The van der Waals surface area contributed by atoms with Gasteiger partial charge in [-0.05, 0) is 81.8 Å². The average molecular weight is 620 g/mol. The van der Waals surface area contributed by atoms with Crippen molar-refractivity contribution >= 4 is 34.4 Å². The van der Waals surface area contributed by atoms with Crippen molar-refractivity contribution < 1.29 is 27.3 Å². The number of likely N-dealkylation sites (tertiary alicyclic amines) is 1. The van der Waals surface area contributed by atoms with Crippen LogP contribution in [0.1, 0.15) is 56.4 Å². The summed E-state index contributed by atoms with van der Waals surface area (Å²) in [4.78, 5) is 33.9. The summed E-state index contributed by atoms with van der Waals surface area (Å²) in [5.74, 6) is 0.950. The summed E-state index contributed by atoms with van der Waals surface area (Å²) < 4.78 is 43.8. The fourth-order valence-electron chi connectivity index (χ4n) is 5.86. The summed E-state index contributed by atoms with van der Waals surface area (Å²) in [6, 6.07) is 8.04. The largest absolute Gasteiger partial charge is 0.432 e. The molecule has 3 N–H and O–H groups in total. The summed E-state index contributed by atoms with van der Waals surface area (Å²) >= 11 is 0. The number of hydrogen-bond donors (Lipinski definition) is 3.